The average Bonchev–Trinajstić information content (AvgIpc) is 2.92. The van der Waals surface area contributed by atoms with Crippen molar-refractivity contribution < 1.29 is 39.7 Å². The van der Waals surface area contributed by atoms with E-state index in [1.54, 1.807) is 0 Å². The zero-order valence-electron chi connectivity index (χ0n) is 14.6. The normalized spacial score (nSPS) is 31.5. The van der Waals surface area contributed by atoms with Crippen LogP contribution in [-0.4, -0.2) is 74.2 Å². The van der Waals surface area contributed by atoms with Crippen molar-refractivity contribution in [2.75, 3.05) is 6.61 Å². The minimum Gasteiger partial charge on any atom is -0.394 e. The fraction of sp³-hybridized carbons (Fsp3) is 0.412. The zero-order valence-corrected chi connectivity index (χ0v) is 14.6. The van der Waals surface area contributed by atoms with E-state index in [0.717, 1.165) is 6.07 Å². The molecule has 28 heavy (non-hydrogen) atoms. The van der Waals surface area contributed by atoms with Crippen molar-refractivity contribution >= 4 is 17.3 Å². The lowest BCUT2D eigenvalue weighted by molar-refractivity contribution is -0.385. The first-order chi connectivity index (χ1) is 13.2. The topological polar surface area (TPSA) is 179 Å². The third-order valence-electron chi connectivity index (χ3n) is 4.82. The highest BCUT2D eigenvalue weighted by atomic mass is 16.6. The van der Waals surface area contributed by atoms with Crippen LogP contribution in [0.2, 0.25) is 0 Å². The molecule has 0 unspecified atom stereocenters. The molecule has 1 fully saturated rings. The van der Waals surface area contributed by atoms with Crippen molar-refractivity contribution in [1.82, 2.24) is 5.32 Å². The molecule has 3 rings (SSSR count). The Bertz CT molecular complexity index is 881. The maximum atomic E-state index is 12.7. The fourth-order valence-corrected chi connectivity index (χ4v) is 3.40. The minimum absolute atomic E-state index is 0.0538. The Labute approximate surface area is 158 Å². The van der Waals surface area contributed by atoms with Gasteiger partial charge in [0.1, 0.15) is 29.9 Å². The Morgan fingerprint density at radius 1 is 1.21 bits per heavy atom. The van der Waals surface area contributed by atoms with E-state index in [9.17, 15) is 35.0 Å². The van der Waals surface area contributed by atoms with E-state index in [1.165, 1.54) is 19.1 Å². The summed E-state index contributed by atoms with van der Waals surface area (Å²) < 4.78 is 5.01. The van der Waals surface area contributed by atoms with Gasteiger partial charge in [-0.25, -0.2) is 0 Å². The molecule has 11 heteroatoms. The van der Waals surface area contributed by atoms with E-state index in [0.29, 0.717) is 0 Å². The molecule has 1 saturated heterocycles. The SMILES string of the molecule is CC(N[C@H]1[C@@H](O)[C@H](O)[C@@H](CO)O[C@@H]1O)=C1C(=O)c2cccc([N+](=O)[O-])c2C1=O. The molecule has 2 aliphatic rings. The van der Waals surface area contributed by atoms with Crippen LogP contribution in [0.25, 0.3) is 0 Å². The van der Waals surface area contributed by atoms with Crippen molar-refractivity contribution in [2.45, 2.75) is 37.6 Å². The number of nitro benzene ring substituents is 1. The van der Waals surface area contributed by atoms with Gasteiger partial charge < -0.3 is 30.5 Å². The number of aliphatic hydroxyl groups excluding tert-OH is 4. The lowest BCUT2D eigenvalue weighted by Crippen LogP contribution is -2.63. The van der Waals surface area contributed by atoms with Crippen LogP contribution in [0.1, 0.15) is 27.6 Å². The summed E-state index contributed by atoms with van der Waals surface area (Å²) in [5.41, 5.74) is -1.36. The van der Waals surface area contributed by atoms with Crippen molar-refractivity contribution in [3.8, 4) is 0 Å². The number of ether oxygens (including phenoxy) is 1. The van der Waals surface area contributed by atoms with Crippen LogP contribution in [0, 0.1) is 10.1 Å². The molecule has 1 aliphatic carbocycles. The number of carbonyl (C=O) groups excluding carboxylic acids is 2. The summed E-state index contributed by atoms with van der Waals surface area (Å²) in [4.78, 5) is 35.7. The molecule has 1 aromatic rings. The Morgan fingerprint density at radius 2 is 1.89 bits per heavy atom. The lowest BCUT2D eigenvalue weighted by atomic mass is 9.96. The van der Waals surface area contributed by atoms with Crippen LogP contribution < -0.4 is 5.32 Å². The van der Waals surface area contributed by atoms with Crippen molar-refractivity contribution in [1.29, 1.82) is 0 Å². The number of fused-ring (bicyclic) bond motifs is 1. The maximum Gasteiger partial charge on any atom is 0.281 e. The van der Waals surface area contributed by atoms with Gasteiger partial charge in [0.05, 0.1) is 17.1 Å². The Kier molecular flexibility index (Phi) is 5.28. The Balaban J connectivity index is 1.94. The molecule has 1 heterocycles. The number of rotatable bonds is 4. The van der Waals surface area contributed by atoms with E-state index in [2.05, 4.69) is 5.32 Å². The van der Waals surface area contributed by atoms with Crippen LogP contribution in [0.15, 0.2) is 29.5 Å². The molecule has 0 radical (unpaired) electrons. The molecule has 1 aliphatic heterocycles. The molecule has 5 N–H and O–H groups in total. The van der Waals surface area contributed by atoms with Crippen molar-refractivity contribution in [3.05, 3.63) is 50.7 Å². The third-order valence-corrected chi connectivity index (χ3v) is 4.82. The summed E-state index contributed by atoms with van der Waals surface area (Å²) in [5.74, 6) is -1.59. The number of nitrogens with one attached hydrogen (secondary N) is 1. The van der Waals surface area contributed by atoms with Crippen LogP contribution in [0.5, 0.6) is 0 Å². The first-order valence-electron chi connectivity index (χ1n) is 8.33. The third kappa shape index (κ3) is 3.08. The van der Waals surface area contributed by atoms with E-state index < -0.39 is 59.4 Å². The number of Topliss-reactive ketones (excluding diaryl/α,β-unsaturated/α-hetero) is 2. The summed E-state index contributed by atoms with van der Waals surface area (Å²) in [6.45, 7) is 0.685. The summed E-state index contributed by atoms with van der Waals surface area (Å²) in [6, 6.07) is 2.39. The van der Waals surface area contributed by atoms with Gasteiger partial charge in [-0.1, -0.05) is 6.07 Å². The predicted octanol–water partition coefficient (Wildman–Crippen LogP) is -1.36. The molecular weight excluding hydrogens is 376 g/mol. The monoisotopic (exact) mass is 394 g/mol. The molecule has 0 aromatic heterocycles. The van der Waals surface area contributed by atoms with Gasteiger partial charge in [0, 0.05) is 17.3 Å². The molecule has 0 bridgehead atoms. The highest BCUT2D eigenvalue weighted by molar-refractivity contribution is 6.40. The number of benzene rings is 1. The van der Waals surface area contributed by atoms with Crippen LogP contribution in [0.4, 0.5) is 5.69 Å². The van der Waals surface area contributed by atoms with Crippen LogP contribution in [0.3, 0.4) is 0 Å². The number of carbonyl (C=O) groups is 2. The fourth-order valence-electron chi connectivity index (χ4n) is 3.40. The van der Waals surface area contributed by atoms with Crippen LogP contribution in [-0.2, 0) is 4.74 Å². The second kappa shape index (κ2) is 7.37. The Hall–Kier alpha value is -2.70. The molecule has 0 saturated carbocycles. The minimum atomic E-state index is -1.66. The number of hydrogen-bond donors (Lipinski definition) is 5. The van der Waals surface area contributed by atoms with Crippen molar-refractivity contribution in [2.24, 2.45) is 0 Å². The number of nitro groups is 1. The summed E-state index contributed by atoms with van der Waals surface area (Å²) in [5, 5.41) is 53.0. The summed E-state index contributed by atoms with van der Waals surface area (Å²) >= 11 is 0. The zero-order chi connectivity index (χ0) is 20.7. The smallest absolute Gasteiger partial charge is 0.281 e. The summed E-state index contributed by atoms with van der Waals surface area (Å²) in [7, 11) is 0. The molecule has 0 spiro atoms. The molecule has 0 amide bonds. The molecular formula is C17H18N2O9. The second-order valence-corrected chi connectivity index (χ2v) is 6.51. The predicted molar refractivity (Wildman–Crippen MR) is 91.4 cm³/mol. The number of allylic oxidation sites excluding steroid dienone is 2. The largest absolute Gasteiger partial charge is 0.394 e. The maximum absolute atomic E-state index is 12.7. The summed E-state index contributed by atoms with van der Waals surface area (Å²) in [6.07, 6.45) is -5.98. The first kappa shape index (κ1) is 20.0. The highest BCUT2D eigenvalue weighted by Crippen LogP contribution is 2.34. The van der Waals surface area contributed by atoms with E-state index in [4.69, 9.17) is 9.84 Å². The number of hydrogen-bond acceptors (Lipinski definition) is 10. The highest BCUT2D eigenvalue weighted by Gasteiger charge is 2.45. The molecule has 150 valence electrons. The van der Waals surface area contributed by atoms with Gasteiger partial charge in [0.15, 0.2) is 12.1 Å². The van der Waals surface area contributed by atoms with Gasteiger partial charge >= 0.3 is 0 Å². The van der Waals surface area contributed by atoms with Gasteiger partial charge in [-0.3, -0.25) is 19.7 Å². The second-order valence-electron chi connectivity index (χ2n) is 6.51. The molecule has 5 atom stereocenters. The Morgan fingerprint density at radius 3 is 2.50 bits per heavy atom. The van der Waals surface area contributed by atoms with Gasteiger partial charge in [-0.15, -0.1) is 0 Å². The first-order valence-corrected chi connectivity index (χ1v) is 8.33. The molecule has 11 nitrogen and oxygen atoms in total. The number of aliphatic hydroxyl groups is 4. The van der Waals surface area contributed by atoms with Crippen LogP contribution >= 0.6 is 0 Å². The van der Waals surface area contributed by atoms with E-state index >= 15 is 0 Å². The van der Waals surface area contributed by atoms with Gasteiger partial charge in [-0.2, -0.15) is 0 Å². The quantitative estimate of drug-likeness (QED) is 0.177. The van der Waals surface area contributed by atoms with E-state index in [-0.39, 0.29) is 22.4 Å². The average molecular weight is 394 g/mol. The lowest BCUT2D eigenvalue weighted by Gasteiger charge is -2.41. The van der Waals surface area contributed by atoms with Gasteiger partial charge in [-0.05, 0) is 13.0 Å². The van der Waals surface area contributed by atoms with Crippen molar-refractivity contribution in [3.63, 3.8) is 0 Å². The standard InChI is InChI=1S/C17H18N2O9/c1-6(18-12-16(24)14(22)9(5-20)28-17(12)25)10-13(21)7-3-2-4-8(19(26)27)11(7)15(10)23/h2-4,9,12,14,16-18,20,22,24-25H,5H2,1H3/t9-,12+,14-,16-,17+/m1/s1. The number of ketones is 2. The molecule has 1 aromatic carbocycles. The number of nitrogens with zero attached hydrogens (tertiary/aromatic N) is 1. The van der Waals surface area contributed by atoms with Gasteiger partial charge in [0.25, 0.3) is 5.69 Å². The van der Waals surface area contributed by atoms with E-state index in [1.807, 2.05) is 0 Å². The van der Waals surface area contributed by atoms with Gasteiger partial charge in [0.2, 0.25) is 5.78 Å².